The molecule has 2 amide bonds. The molecule has 0 spiro atoms. The molecule has 0 heterocycles. The third-order valence-corrected chi connectivity index (χ3v) is 4.15. The van der Waals surface area contributed by atoms with E-state index in [1.807, 2.05) is 13.8 Å². The Morgan fingerprint density at radius 3 is 2.29 bits per heavy atom. The van der Waals surface area contributed by atoms with Crippen LogP contribution in [0.15, 0.2) is 42.5 Å². The number of amides is 2. The monoisotopic (exact) mass is 364 g/mol. The van der Waals surface area contributed by atoms with E-state index in [1.165, 1.54) is 0 Å². The first kappa shape index (κ1) is 18.3. The lowest BCUT2D eigenvalue weighted by Gasteiger charge is -2.18. The van der Waals surface area contributed by atoms with Gasteiger partial charge in [0.05, 0.1) is 10.7 Å². The van der Waals surface area contributed by atoms with Crippen LogP contribution in [0.1, 0.15) is 34.6 Å². The first-order valence-corrected chi connectivity index (χ1v) is 8.37. The van der Waals surface area contributed by atoms with Crippen LogP contribution in [0.5, 0.6) is 0 Å². The molecule has 0 aliphatic rings. The Hall–Kier alpha value is -2.04. The third kappa shape index (κ3) is 4.28. The van der Waals surface area contributed by atoms with E-state index in [4.69, 9.17) is 23.2 Å². The van der Waals surface area contributed by atoms with E-state index in [1.54, 1.807) is 47.4 Å². The zero-order valence-electron chi connectivity index (χ0n) is 13.5. The molecule has 24 heavy (non-hydrogen) atoms. The molecular weight excluding hydrogens is 347 g/mol. The average Bonchev–Trinajstić information content (AvgIpc) is 2.58. The minimum absolute atomic E-state index is 0.0980. The van der Waals surface area contributed by atoms with Crippen molar-refractivity contribution >= 4 is 40.7 Å². The van der Waals surface area contributed by atoms with E-state index in [-0.39, 0.29) is 11.8 Å². The molecule has 4 nitrogen and oxygen atoms in total. The smallest absolute Gasteiger partial charge is 0.255 e. The molecule has 0 saturated heterocycles. The number of carbonyl (C=O) groups excluding carboxylic acids is 2. The van der Waals surface area contributed by atoms with Crippen LogP contribution in [-0.4, -0.2) is 29.8 Å². The Kier molecular flexibility index (Phi) is 6.23. The van der Waals surface area contributed by atoms with Crippen LogP contribution in [-0.2, 0) is 0 Å². The Morgan fingerprint density at radius 2 is 1.67 bits per heavy atom. The minimum Gasteiger partial charge on any atom is -0.339 e. The first-order chi connectivity index (χ1) is 11.5. The normalized spacial score (nSPS) is 10.3. The lowest BCUT2D eigenvalue weighted by atomic mass is 10.1. The Morgan fingerprint density at radius 1 is 1.00 bits per heavy atom. The second-order valence-electron chi connectivity index (χ2n) is 5.14. The highest BCUT2D eigenvalue weighted by atomic mass is 35.5. The summed E-state index contributed by atoms with van der Waals surface area (Å²) in [5.41, 5.74) is 1.33. The summed E-state index contributed by atoms with van der Waals surface area (Å²) in [5, 5.41) is 3.57. The number of benzene rings is 2. The van der Waals surface area contributed by atoms with Crippen molar-refractivity contribution in [2.24, 2.45) is 0 Å². The van der Waals surface area contributed by atoms with Crippen LogP contribution >= 0.6 is 23.2 Å². The van der Waals surface area contributed by atoms with Crippen molar-refractivity contribution in [3.8, 4) is 0 Å². The third-order valence-electron chi connectivity index (χ3n) is 3.60. The average molecular weight is 365 g/mol. The predicted molar refractivity (Wildman–Crippen MR) is 98.1 cm³/mol. The van der Waals surface area contributed by atoms with Crippen molar-refractivity contribution in [1.82, 2.24) is 4.90 Å². The summed E-state index contributed by atoms with van der Waals surface area (Å²) in [7, 11) is 0. The molecule has 2 aromatic rings. The maximum atomic E-state index is 12.4. The minimum atomic E-state index is -0.339. The molecule has 0 aliphatic heterocycles. The number of halogens is 2. The van der Waals surface area contributed by atoms with Crippen molar-refractivity contribution in [3.05, 3.63) is 63.6 Å². The summed E-state index contributed by atoms with van der Waals surface area (Å²) in [6.07, 6.45) is 0. The molecule has 1 N–H and O–H groups in total. The fourth-order valence-corrected chi connectivity index (χ4v) is 2.73. The van der Waals surface area contributed by atoms with Gasteiger partial charge in [-0.25, -0.2) is 0 Å². The van der Waals surface area contributed by atoms with Crippen LogP contribution < -0.4 is 5.32 Å². The molecule has 0 unspecified atom stereocenters. The van der Waals surface area contributed by atoms with Gasteiger partial charge in [-0.15, -0.1) is 0 Å². The van der Waals surface area contributed by atoms with Gasteiger partial charge in [-0.3, -0.25) is 9.59 Å². The van der Waals surface area contributed by atoms with E-state index in [0.29, 0.717) is 39.9 Å². The molecule has 0 saturated carbocycles. The van der Waals surface area contributed by atoms with Crippen LogP contribution in [0.25, 0.3) is 0 Å². The first-order valence-electron chi connectivity index (χ1n) is 7.62. The fraction of sp³-hybridized carbons (Fsp3) is 0.222. The van der Waals surface area contributed by atoms with Crippen molar-refractivity contribution in [2.45, 2.75) is 13.8 Å². The number of rotatable bonds is 5. The summed E-state index contributed by atoms with van der Waals surface area (Å²) >= 11 is 11.9. The summed E-state index contributed by atoms with van der Waals surface area (Å²) < 4.78 is 0. The van der Waals surface area contributed by atoms with Crippen molar-refractivity contribution in [3.63, 3.8) is 0 Å². The van der Waals surface area contributed by atoms with Gasteiger partial charge in [-0.1, -0.05) is 29.3 Å². The zero-order valence-corrected chi connectivity index (χ0v) is 15.0. The van der Waals surface area contributed by atoms with E-state index in [2.05, 4.69) is 5.32 Å². The van der Waals surface area contributed by atoms with Crippen molar-refractivity contribution < 1.29 is 9.59 Å². The lowest BCUT2D eigenvalue weighted by Crippen LogP contribution is -2.30. The quantitative estimate of drug-likeness (QED) is 0.833. The molecular formula is C18H18Cl2N2O2. The van der Waals surface area contributed by atoms with E-state index in [0.717, 1.165) is 0 Å². The second-order valence-corrected chi connectivity index (χ2v) is 5.98. The standard InChI is InChI=1S/C18H18Cl2N2O2/c1-3-22(4-2)18(24)13-7-5-6-12(10-13)17(23)21-16-9-8-14(19)11-15(16)20/h5-11H,3-4H2,1-2H3,(H,21,23). The van der Waals surface area contributed by atoms with E-state index in [9.17, 15) is 9.59 Å². The maximum Gasteiger partial charge on any atom is 0.255 e. The van der Waals surface area contributed by atoms with Gasteiger partial charge in [0.15, 0.2) is 0 Å². The van der Waals surface area contributed by atoms with Gasteiger partial charge in [0.25, 0.3) is 11.8 Å². The van der Waals surface area contributed by atoms with Crippen molar-refractivity contribution in [1.29, 1.82) is 0 Å². The van der Waals surface area contributed by atoms with Crippen LogP contribution in [0, 0.1) is 0 Å². The second kappa shape index (κ2) is 8.18. The van der Waals surface area contributed by atoms with Crippen LogP contribution in [0.3, 0.4) is 0 Å². The van der Waals surface area contributed by atoms with E-state index >= 15 is 0 Å². The highest BCUT2D eigenvalue weighted by Crippen LogP contribution is 2.25. The number of hydrogen-bond donors (Lipinski definition) is 1. The summed E-state index contributed by atoms with van der Waals surface area (Å²) in [6.45, 7) is 5.07. The van der Waals surface area contributed by atoms with Gasteiger partial charge in [0, 0.05) is 29.2 Å². The molecule has 0 aromatic heterocycles. The Balaban J connectivity index is 2.21. The molecule has 0 radical (unpaired) electrons. The topological polar surface area (TPSA) is 49.4 Å². The molecule has 6 heteroatoms. The molecule has 2 rings (SSSR count). The molecule has 0 aliphatic carbocycles. The van der Waals surface area contributed by atoms with Crippen molar-refractivity contribution in [2.75, 3.05) is 18.4 Å². The van der Waals surface area contributed by atoms with Gasteiger partial charge in [0.1, 0.15) is 0 Å². The number of nitrogens with one attached hydrogen (secondary N) is 1. The summed E-state index contributed by atoms with van der Waals surface area (Å²) in [4.78, 5) is 26.5. The SMILES string of the molecule is CCN(CC)C(=O)c1cccc(C(=O)Nc2ccc(Cl)cc2Cl)c1. The fourth-order valence-electron chi connectivity index (χ4n) is 2.27. The number of nitrogens with zero attached hydrogens (tertiary/aromatic N) is 1. The zero-order chi connectivity index (χ0) is 17.7. The van der Waals surface area contributed by atoms with Gasteiger partial charge in [-0.05, 0) is 50.2 Å². The molecule has 126 valence electrons. The van der Waals surface area contributed by atoms with Gasteiger partial charge in [-0.2, -0.15) is 0 Å². The molecule has 0 bridgehead atoms. The molecule has 0 fully saturated rings. The number of hydrogen-bond acceptors (Lipinski definition) is 2. The maximum absolute atomic E-state index is 12.4. The lowest BCUT2D eigenvalue weighted by molar-refractivity contribution is 0.0773. The number of carbonyl (C=O) groups is 2. The molecule has 0 atom stereocenters. The highest BCUT2D eigenvalue weighted by molar-refractivity contribution is 6.36. The number of anilines is 1. The van der Waals surface area contributed by atoms with Crippen LogP contribution in [0.4, 0.5) is 5.69 Å². The van der Waals surface area contributed by atoms with Crippen LogP contribution in [0.2, 0.25) is 10.0 Å². The van der Waals surface area contributed by atoms with Gasteiger partial charge >= 0.3 is 0 Å². The summed E-state index contributed by atoms with van der Waals surface area (Å²) in [5.74, 6) is -0.437. The Labute approximate surface area is 151 Å². The molecule has 2 aromatic carbocycles. The van der Waals surface area contributed by atoms with Gasteiger partial charge < -0.3 is 10.2 Å². The van der Waals surface area contributed by atoms with Gasteiger partial charge in [0.2, 0.25) is 0 Å². The Bertz CT molecular complexity index is 758. The largest absolute Gasteiger partial charge is 0.339 e. The summed E-state index contributed by atoms with van der Waals surface area (Å²) in [6, 6.07) is 11.5. The van der Waals surface area contributed by atoms with E-state index < -0.39 is 0 Å². The highest BCUT2D eigenvalue weighted by Gasteiger charge is 2.15. The predicted octanol–water partition coefficient (Wildman–Crippen LogP) is 4.73.